The van der Waals surface area contributed by atoms with Gasteiger partial charge in [0, 0.05) is 0 Å². The van der Waals surface area contributed by atoms with Gasteiger partial charge >= 0.3 is 0 Å². The van der Waals surface area contributed by atoms with E-state index in [0.717, 1.165) is 12.5 Å². The number of halogens is 1. The molecule has 1 heterocycles. The number of alkyl halides is 1. The second-order valence-corrected chi connectivity index (χ2v) is 5.44. The molecule has 11 heavy (non-hydrogen) atoms. The average Bonchev–Trinajstić information content (AvgIpc) is 2.19. The summed E-state index contributed by atoms with van der Waals surface area (Å²) in [5.41, 5.74) is 0. The lowest BCUT2D eigenvalue weighted by atomic mass is 9.72. The molecule has 1 fully saturated rings. The van der Waals surface area contributed by atoms with E-state index in [1.807, 2.05) is 0 Å². The molecule has 0 amide bonds. The average molecular weight is 266 g/mol. The molecule has 0 radical (unpaired) electrons. The first-order valence-corrected chi connectivity index (χ1v) is 5.51. The maximum atomic E-state index is 5.79. The number of hydrogen-bond acceptors (Lipinski definition) is 1. The van der Waals surface area contributed by atoms with Crippen LogP contribution in [0, 0.1) is 11.8 Å². The molecule has 1 unspecified atom stereocenters. The standard InChI is InChI=1S/C8H16BIO/c1-6-4-11-8(10,5-9-3)7(6)2/h6-7,9H,4-5H2,1-3H3/t6?,7-,8+/m0/s1. The van der Waals surface area contributed by atoms with Crippen LogP contribution in [0.15, 0.2) is 0 Å². The van der Waals surface area contributed by atoms with E-state index in [1.165, 1.54) is 13.6 Å². The summed E-state index contributed by atoms with van der Waals surface area (Å²) in [5, 5.41) is 0. The fourth-order valence-corrected chi connectivity index (χ4v) is 2.94. The third-order valence-corrected chi connectivity index (χ3v) is 4.54. The maximum absolute atomic E-state index is 5.79. The first-order chi connectivity index (χ1) is 5.10. The third-order valence-electron chi connectivity index (χ3n) is 2.71. The lowest BCUT2D eigenvalue weighted by molar-refractivity contribution is 0.0934. The van der Waals surface area contributed by atoms with Crippen molar-refractivity contribution in [2.45, 2.75) is 30.6 Å². The van der Waals surface area contributed by atoms with E-state index in [-0.39, 0.29) is 3.61 Å². The van der Waals surface area contributed by atoms with Crippen LogP contribution in [0.1, 0.15) is 13.8 Å². The molecule has 0 aromatic rings. The summed E-state index contributed by atoms with van der Waals surface area (Å²) in [6, 6.07) is 0. The van der Waals surface area contributed by atoms with Gasteiger partial charge in [0.25, 0.3) is 0 Å². The summed E-state index contributed by atoms with van der Waals surface area (Å²) in [5.74, 6) is 1.45. The predicted molar refractivity (Wildman–Crippen MR) is 58.9 cm³/mol. The predicted octanol–water partition coefficient (Wildman–Crippen LogP) is 2.32. The van der Waals surface area contributed by atoms with Crippen molar-refractivity contribution in [2.24, 2.45) is 11.8 Å². The molecule has 0 aliphatic carbocycles. The van der Waals surface area contributed by atoms with Crippen molar-refractivity contribution in [3.05, 3.63) is 0 Å². The zero-order valence-corrected chi connectivity index (χ0v) is 9.72. The molecular weight excluding hydrogens is 250 g/mol. The van der Waals surface area contributed by atoms with Gasteiger partial charge in [-0.1, -0.05) is 20.7 Å². The third kappa shape index (κ3) is 1.91. The minimum Gasteiger partial charge on any atom is -0.365 e. The van der Waals surface area contributed by atoms with E-state index < -0.39 is 0 Å². The van der Waals surface area contributed by atoms with Crippen molar-refractivity contribution in [1.82, 2.24) is 0 Å². The second-order valence-electron chi connectivity index (χ2n) is 3.61. The molecule has 3 heteroatoms. The van der Waals surface area contributed by atoms with Crippen molar-refractivity contribution < 1.29 is 4.74 Å². The van der Waals surface area contributed by atoms with Crippen molar-refractivity contribution in [1.29, 1.82) is 0 Å². The summed E-state index contributed by atoms with van der Waals surface area (Å²) in [7, 11) is 1.22. The molecule has 1 saturated heterocycles. The molecule has 3 atom stereocenters. The zero-order valence-electron chi connectivity index (χ0n) is 7.56. The van der Waals surface area contributed by atoms with Crippen LogP contribution in [0.4, 0.5) is 0 Å². The molecule has 0 bridgehead atoms. The highest BCUT2D eigenvalue weighted by molar-refractivity contribution is 14.1. The Labute approximate surface area is 83.7 Å². The maximum Gasteiger partial charge on any atom is 0.122 e. The Morgan fingerprint density at radius 1 is 1.64 bits per heavy atom. The molecule has 1 aliphatic rings. The molecule has 0 saturated carbocycles. The quantitative estimate of drug-likeness (QED) is 0.423. The lowest BCUT2D eigenvalue weighted by Gasteiger charge is -2.26. The molecule has 0 aromatic heterocycles. The van der Waals surface area contributed by atoms with Gasteiger partial charge in [-0.05, 0) is 40.7 Å². The van der Waals surface area contributed by atoms with Gasteiger partial charge in [0.1, 0.15) is 10.9 Å². The number of hydrogen-bond donors (Lipinski definition) is 0. The van der Waals surface area contributed by atoms with E-state index in [9.17, 15) is 0 Å². The summed E-state index contributed by atoms with van der Waals surface area (Å²) >= 11 is 2.48. The van der Waals surface area contributed by atoms with Gasteiger partial charge in [-0.25, -0.2) is 0 Å². The topological polar surface area (TPSA) is 9.23 Å². The summed E-state index contributed by atoms with van der Waals surface area (Å²) in [6.45, 7) is 7.75. The van der Waals surface area contributed by atoms with Crippen LogP contribution in [0.25, 0.3) is 0 Å². The Morgan fingerprint density at radius 3 is 2.64 bits per heavy atom. The van der Waals surface area contributed by atoms with Crippen molar-refractivity contribution >= 4 is 29.9 Å². The van der Waals surface area contributed by atoms with Crippen LogP contribution in [-0.4, -0.2) is 17.5 Å². The van der Waals surface area contributed by atoms with Gasteiger partial charge in [-0.2, -0.15) is 0 Å². The fraction of sp³-hybridized carbons (Fsp3) is 1.00. The Morgan fingerprint density at radius 2 is 2.27 bits per heavy atom. The molecule has 1 aliphatic heterocycles. The second kappa shape index (κ2) is 3.65. The van der Waals surface area contributed by atoms with Crippen LogP contribution in [0.3, 0.4) is 0 Å². The van der Waals surface area contributed by atoms with Crippen LogP contribution >= 0.6 is 22.6 Å². The fourth-order valence-electron chi connectivity index (χ4n) is 1.61. The zero-order chi connectivity index (χ0) is 8.48. The van der Waals surface area contributed by atoms with Crippen molar-refractivity contribution in [2.75, 3.05) is 6.61 Å². The normalized spacial score (nSPS) is 44.4. The Hall–Kier alpha value is 0.755. The van der Waals surface area contributed by atoms with E-state index >= 15 is 0 Å². The van der Waals surface area contributed by atoms with E-state index in [0.29, 0.717) is 5.92 Å². The lowest BCUT2D eigenvalue weighted by Crippen LogP contribution is -2.28. The van der Waals surface area contributed by atoms with Crippen molar-refractivity contribution in [3.8, 4) is 0 Å². The van der Waals surface area contributed by atoms with E-state index in [1.54, 1.807) is 0 Å². The van der Waals surface area contributed by atoms with Gasteiger partial charge in [-0.15, -0.1) is 0 Å². The van der Waals surface area contributed by atoms with Crippen molar-refractivity contribution in [3.63, 3.8) is 0 Å². The summed E-state index contributed by atoms with van der Waals surface area (Å²) in [4.78, 5) is 0. The van der Waals surface area contributed by atoms with Gasteiger partial charge in [0.05, 0.1) is 6.61 Å². The molecule has 0 N–H and O–H groups in total. The largest absolute Gasteiger partial charge is 0.365 e. The number of ether oxygens (including phenoxy) is 1. The highest BCUT2D eigenvalue weighted by Crippen LogP contribution is 2.43. The monoisotopic (exact) mass is 266 g/mol. The van der Waals surface area contributed by atoms with Crippen LogP contribution < -0.4 is 0 Å². The summed E-state index contributed by atoms with van der Waals surface area (Å²) in [6.07, 6.45) is 1.19. The highest BCUT2D eigenvalue weighted by Gasteiger charge is 2.42. The Bertz CT molecular complexity index is 138. The first-order valence-electron chi connectivity index (χ1n) is 4.43. The van der Waals surface area contributed by atoms with Crippen LogP contribution in [0.5, 0.6) is 0 Å². The minimum absolute atomic E-state index is 0.145. The van der Waals surface area contributed by atoms with Gasteiger partial charge < -0.3 is 4.74 Å². The van der Waals surface area contributed by atoms with Crippen LogP contribution in [0.2, 0.25) is 13.1 Å². The minimum atomic E-state index is 0.145. The molecular formula is C8H16BIO. The van der Waals surface area contributed by atoms with E-state index in [4.69, 9.17) is 4.74 Å². The smallest absolute Gasteiger partial charge is 0.122 e. The molecule has 1 rings (SSSR count). The highest BCUT2D eigenvalue weighted by atomic mass is 127. The molecule has 64 valence electrons. The van der Waals surface area contributed by atoms with Gasteiger partial charge in [-0.3, -0.25) is 0 Å². The Kier molecular flexibility index (Phi) is 3.26. The van der Waals surface area contributed by atoms with Crippen LogP contribution in [-0.2, 0) is 4.74 Å². The van der Waals surface area contributed by atoms with Gasteiger partial charge in [0.15, 0.2) is 0 Å². The molecule has 0 aromatic carbocycles. The SMILES string of the molecule is CBC[C@@]1(I)OCC(C)[C@@H]1C. The summed E-state index contributed by atoms with van der Waals surface area (Å²) < 4.78 is 5.94. The van der Waals surface area contributed by atoms with Gasteiger partial charge in [0.2, 0.25) is 0 Å². The van der Waals surface area contributed by atoms with E-state index in [2.05, 4.69) is 43.3 Å². The first kappa shape index (κ1) is 9.84. The molecule has 0 spiro atoms. The Balaban J connectivity index is 2.57. The molecule has 1 nitrogen and oxygen atoms in total. The number of rotatable bonds is 2.